The molecule has 0 saturated heterocycles. The van der Waals surface area contributed by atoms with Crippen LogP contribution in [-0.4, -0.2) is 42.9 Å². The van der Waals surface area contributed by atoms with Crippen molar-refractivity contribution in [2.24, 2.45) is 11.7 Å². The fourth-order valence-corrected chi connectivity index (χ4v) is 2.77. The van der Waals surface area contributed by atoms with E-state index in [1.54, 1.807) is 7.11 Å². The number of nitrogens with two attached hydrogens (primary N) is 1. The van der Waals surface area contributed by atoms with E-state index >= 15 is 0 Å². The van der Waals surface area contributed by atoms with Gasteiger partial charge in [0.25, 0.3) is 0 Å². The second-order valence-corrected chi connectivity index (χ2v) is 5.49. The Morgan fingerprint density at radius 2 is 2.39 bits per heavy atom. The molecule has 1 saturated carbocycles. The number of hydrogen-bond donors (Lipinski definition) is 3. The number of rotatable bonds is 6. The molecule has 0 spiro atoms. The van der Waals surface area contributed by atoms with Crippen molar-refractivity contribution >= 4 is 5.91 Å². The predicted octanol–water partition coefficient (Wildman–Crippen LogP) is 0.408. The SMILES string of the molecule is COC(CN)CC(=O)NC1(CO)CCCC(C)C1. The third-order valence-corrected chi connectivity index (χ3v) is 3.81. The van der Waals surface area contributed by atoms with Crippen molar-refractivity contribution in [1.82, 2.24) is 5.32 Å². The predicted molar refractivity (Wildman–Crippen MR) is 70.1 cm³/mol. The van der Waals surface area contributed by atoms with Gasteiger partial charge in [0.05, 0.1) is 24.7 Å². The van der Waals surface area contributed by atoms with E-state index in [0.717, 1.165) is 19.3 Å². The molecule has 0 radical (unpaired) electrons. The van der Waals surface area contributed by atoms with Crippen molar-refractivity contribution in [1.29, 1.82) is 0 Å². The van der Waals surface area contributed by atoms with Gasteiger partial charge in [-0.3, -0.25) is 4.79 Å². The van der Waals surface area contributed by atoms with E-state index in [-0.39, 0.29) is 25.0 Å². The highest BCUT2D eigenvalue weighted by Gasteiger charge is 2.35. The molecular formula is C13H26N2O3. The van der Waals surface area contributed by atoms with Gasteiger partial charge in [0.2, 0.25) is 5.91 Å². The first-order chi connectivity index (χ1) is 8.55. The quantitative estimate of drug-likeness (QED) is 0.644. The number of carbonyl (C=O) groups is 1. The van der Waals surface area contributed by atoms with E-state index in [1.165, 1.54) is 6.42 Å². The second-order valence-electron chi connectivity index (χ2n) is 5.49. The van der Waals surface area contributed by atoms with Gasteiger partial charge in [-0.2, -0.15) is 0 Å². The molecule has 0 aromatic rings. The molecule has 1 aliphatic carbocycles. The molecule has 106 valence electrons. The molecule has 1 amide bonds. The monoisotopic (exact) mass is 258 g/mol. The molecule has 1 fully saturated rings. The van der Waals surface area contributed by atoms with Crippen molar-refractivity contribution in [3.05, 3.63) is 0 Å². The van der Waals surface area contributed by atoms with Crippen LogP contribution in [0.25, 0.3) is 0 Å². The van der Waals surface area contributed by atoms with Gasteiger partial charge in [-0.05, 0) is 18.8 Å². The van der Waals surface area contributed by atoms with Crippen LogP contribution >= 0.6 is 0 Å². The van der Waals surface area contributed by atoms with E-state index in [2.05, 4.69) is 12.2 Å². The molecule has 5 nitrogen and oxygen atoms in total. The topological polar surface area (TPSA) is 84.6 Å². The Bertz CT molecular complexity index is 269. The van der Waals surface area contributed by atoms with Crippen LogP contribution in [0.4, 0.5) is 0 Å². The van der Waals surface area contributed by atoms with Crippen LogP contribution < -0.4 is 11.1 Å². The standard InChI is InChI=1S/C13H26N2O3/c1-10-4-3-5-13(7-10,9-16)15-12(17)6-11(8-14)18-2/h10-11,16H,3-9,14H2,1-2H3,(H,15,17). The summed E-state index contributed by atoms with van der Waals surface area (Å²) in [4.78, 5) is 12.0. The number of amides is 1. The molecule has 1 aliphatic rings. The molecule has 0 heterocycles. The van der Waals surface area contributed by atoms with Gasteiger partial charge in [0, 0.05) is 13.7 Å². The van der Waals surface area contributed by atoms with Crippen LogP contribution in [0, 0.1) is 5.92 Å². The molecule has 18 heavy (non-hydrogen) atoms. The molecule has 1 rings (SSSR count). The normalized spacial score (nSPS) is 29.9. The fraction of sp³-hybridized carbons (Fsp3) is 0.923. The third-order valence-electron chi connectivity index (χ3n) is 3.81. The second kappa shape index (κ2) is 7.07. The van der Waals surface area contributed by atoms with E-state index in [1.807, 2.05) is 0 Å². The highest BCUT2D eigenvalue weighted by molar-refractivity contribution is 5.77. The average Bonchev–Trinajstić information content (AvgIpc) is 2.35. The van der Waals surface area contributed by atoms with Crippen molar-refractivity contribution < 1.29 is 14.6 Å². The number of aliphatic hydroxyl groups is 1. The van der Waals surface area contributed by atoms with Crippen LogP contribution in [0.15, 0.2) is 0 Å². The summed E-state index contributed by atoms with van der Waals surface area (Å²) in [6, 6.07) is 0. The molecule has 0 bridgehead atoms. The smallest absolute Gasteiger partial charge is 0.223 e. The third kappa shape index (κ3) is 4.23. The van der Waals surface area contributed by atoms with E-state index in [4.69, 9.17) is 10.5 Å². The van der Waals surface area contributed by atoms with Crippen LogP contribution in [0.3, 0.4) is 0 Å². The summed E-state index contributed by atoms with van der Waals surface area (Å²) < 4.78 is 5.10. The van der Waals surface area contributed by atoms with Gasteiger partial charge in [-0.1, -0.05) is 19.8 Å². The summed E-state index contributed by atoms with van der Waals surface area (Å²) in [5.74, 6) is 0.453. The maximum Gasteiger partial charge on any atom is 0.223 e. The molecule has 3 unspecified atom stereocenters. The highest BCUT2D eigenvalue weighted by atomic mass is 16.5. The zero-order chi connectivity index (χ0) is 13.6. The Labute approximate surface area is 109 Å². The Balaban J connectivity index is 2.54. The first-order valence-electron chi connectivity index (χ1n) is 6.70. The Kier molecular flexibility index (Phi) is 6.05. The number of carbonyl (C=O) groups excluding carboxylic acids is 1. The summed E-state index contributed by atoms with van der Waals surface area (Å²) in [5.41, 5.74) is 5.06. The number of hydrogen-bond acceptors (Lipinski definition) is 4. The summed E-state index contributed by atoms with van der Waals surface area (Å²) in [7, 11) is 1.55. The zero-order valence-electron chi connectivity index (χ0n) is 11.4. The summed E-state index contributed by atoms with van der Waals surface area (Å²) in [5, 5.41) is 12.6. The molecule has 4 N–H and O–H groups in total. The zero-order valence-corrected chi connectivity index (χ0v) is 11.4. The van der Waals surface area contributed by atoms with Gasteiger partial charge >= 0.3 is 0 Å². The van der Waals surface area contributed by atoms with Crippen LogP contribution in [-0.2, 0) is 9.53 Å². The van der Waals surface area contributed by atoms with Gasteiger partial charge in [-0.25, -0.2) is 0 Å². The van der Waals surface area contributed by atoms with Crippen LogP contribution in [0.2, 0.25) is 0 Å². The Morgan fingerprint density at radius 1 is 1.67 bits per heavy atom. The van der Waals surface area contributed by atoms with E-state index in [9.17, 15) is 9.90 Å². The number of nitrogens with one attached hydrogen (secondary N) is 1. The average molecular weight is 258 g/mol. The van der Waals surface area contributed by atoms with Gasteiger partial charge < -0.3 is 20.9 Å². The minimum absolute atomic E-state index is 0.00333. The minimum atomic E-state index is -0.443. The van der Waals surface area contributed by atoms with Crippen LogP contribution in [0.5, 0.6) is 0 Å². The lowest BCUT2D eigenvalue weighted by atomic mass is 9.76. The maximum atomic E-state index is 12.0. The molecule has 5 heteroatoms. The summed E-state index contributed by atoms with van der Waals surface area (Å²) >= 11 is 0. The lowest BCUT2D eigenvalue weighted by Gasteiger charge is -2.39. The largest absolute Gasteiger partial charge is 0.394 e. The van der Waals surface area contributed by atoms with Crippen molar-refractivity contribution in [2.45, 2.75) is 50.7 Å². The first-order valence-corrected chi connectivity index (χ1v) is 6.70. The molecular weight excluding hydrogens is 232 g/mol. The van der Waals surface area contributed by atoms with Crippen molar-refractivity contribution in [2.75, 3.05) is 20.3 Å². The maximum absolute atomic E-state index is 12.0. The number of methoxy groups -OCH3 is 1. The summed E-state index contributed by atoms with van der Waals surface area (Å²) in [6.07, 6.45) is 3.91. The van der Waals surface area contributed by atoms with E-state index in [0.29, 0.717) is 12.5 Å². The van der Waals surface area contributed by atoms with Gasteiger partial charge in [0.1, 0.15) is 0 Å². The lowest BCUT2D eigenvalue weighted by molar-refractivity contribution is -0.126. The van der Waals surface area contributed by atoms with E-state index < -0.39 is 5.54 Å². The van der Waals surface area contributed by atoms with Crippen LogP contribution in [0.1, 0.15) is 39.0 Å². The van der Waals surface area contributed by atoms with Gasteiger partial charge in [0.15, 0.2) is 0 Å². The molecule has 0 aromatic heterocycles. The summed E-state index contributed by atoms with van der Waals surface area (Å²) in [6.45, 7) is 2.49. The first kappa shape index (κ1) is 15.4. The molecule has 3 atom stereocenters. The number of aliphatic hydroxyl groups excluding tert-OH is 1. The fourth-order valence-electron chi connectivity index (χ4n) is 2.77. The molecule has 0 aromatic carbocycles. The highest BCUT2D eigenvalue weighted by Crippen LogP contribution is 2.32. The molecule has 0 aliphatic heterocycles. The Hall–Kier alpha value is -0.650. The van der Waals surface area contributed by atoms with Crippen molar-refractivity contribution in [3.8, 4) is 0 Å². The minimum Gasteiger partial charge on any atom is -0.394 e. The number of ether oxygens (including phenoxy) is 1. The Morgan fingerprint density at radius 3 is 2.89 bits per heavy atom. The van der Waals surface area contributed by atoms with Crippen molar-refractivity contribution in [3.63, 3.8) is 0 Å². The van der Waals surface area contributed by atoms with Gasteiger partial charge in [-0.15, -0.1) is 0 Å². The lowest BCUT2D eigenvalue weighted by Crippen LogP contribution is -2.54.